The van der Waals surface area contributed by atoms with Gasteiger partial charge in [-0.25, -0.2) is 0 Å². The van der Waals surface area contributed by atoms with Crippen molar-refractivity contribution in [2.24, 2.45) is 0 Å². The second kappa shape index (κ2) is 7.40. The van der Waals surface area contributed by atoms with Gasteiger partial charge in [-0.05, 0) is 54.9 Å². The van der Waals surface area contributed by atoms with Gasteiger partial charge >= 0.3 is 12.1 Å². The third kappa shape index (κ3) is 3.78. The molecule has 2 heterocycles. The van der Waals surface area contributed by atoms with Crippen LogP contribution in [0, 0.1) is 6.92 Å². The number of likely N-dealkylation sites (tertiary alicyclic amines) is 1. The summed E-state index contributed by atoms with van der Waals surface area (Å²) in [6.07, 6.45) is -2.50. The van der Waals surface area contributed by atoms with Gasteiger partial charge in [-0.1, -0.05) is 24.6 Å². The van der Waals surface area contributed by atoms with Gasteiger partial charge in [0.2, 0.25) is 0 Å². The fraction of sp³-hybridized carbons (Fsp3) is 0.421. The summed E-state index contributed by atoms with van der Waals surface area (Å²) in [5.74, 6) is -0.979. The number of carboxylic acid groups (broad SMARTS) is 1. The Hall–Kier alpha value is -1.86. The van der Waals surface area contributed by atoms with Gasteiger partial charge in [-0.2, -0.15) is 13.2 Å². The first-order valence-electron chi connectivity index (χ1n) is 8.48. The second-order valence-corrected chi connectivity index (χ2v) is 7.54. The van der Waals surface area contributed by atoms with E-state index in [-0.39, 0.29) is 5.56 Å². The van der Waals surface area contributed by atoms with E-state index in [1.54, 1.807) is 11.0 Å². The van der Waals surface area contributed by atoms with Crippen molar-refractivity contribution in [3.05, 3.63) is 57.3 Å². The third-order valence-electron chi connectivity index (χ3n) is 4.74. The first-order chi connectivity index (χ1) is 12.3. The Labute approximate surface area is 154 Å². The Morgan fingerprint density at radius 3 is 2.65 bits per heavy atom. The van der Waals surface area contributed by atoms with Crippen LogP contribution in [0.5, 0.6) is 0 Å². The lowest BCUT2D eigenvalue weighted by Gasteiger charge is -2.39. The molecule has 140 valence electrons. The Balaban J connectivity index is 2.16. The lowest BCUT2D eigenvalue weighted by atomic mass is 9.92. The summed E-state index contributed by atoms with van der Waals surface area (Å²) in [7, 11) is 0. The van der Waals surface area contributed by atoms with Crippen molar-refractivity contribution in [2.75, 3.05) is 6.54 Å². The summed E-state index contributed by atoms with van der Waals surface area (Å²) in [4.78, 5) is 14.2. The van der Waals surface area contributed by atoms with E-state index in [1.807, 2.05) is 18.4 Å². The molecule has 1 aliphatic heterocycles. The number of nitrogens with zero attached hydrogens (tertiary/aromatic N) is 1. The quantitative estimate of drug-likeness (QED) is 0.798. The molecule has 0 bridgehead atoms. The number of piperidine rings is 1. The van der Waals surface area contributed by atoms with Crippen LogP contribution in [0.3, 0.4) is 0 Å². The molecule has 3 nitrogen and oxygen atoms in total. The molecule has 3 rings (SSSR count). The molecule has 0 radical (unpaired) electrons. The summed E-state index contributed by atoms with van der Waals surface area (Å²) in [5, 5.41) is 11.5. The van der Waals surface area contributed by atoms with Crippen molar-refractivity contribution >= 4 is 17.3 Å². The predicted octanol–water partition coefficient (Wildman–Crippen LogP) is 5.10. The van der Waals surface area contributed by atoms with Crippen LogP contribution >= 0.6 is 11.3 Å². The monoisotopic (exact) mass is 383 g/mol. The van der Waals surface area contributed by atoms with Crippen LogP contribution in [0.4, 0.5) is 13.2 Å². The van der Waals surface area contributed by atoms with E-state index in [9.17, 15) is 23.1 Å². The number of carbonyl (C=O) groups is 1. The van der Waals surface area contributed by atoms with Crippen molar-refractivity contribution in [3.63, 3.8) is 0 Å². The number of carboxylic acids is 1. The van der Waals surface area contributed by atoms with Gasteiger partial charge in [0.15, 0.2) is 0 Å². The molecule has 1 N–H and O–H groups in total. The van der Waals surface area contributed by atoms with E-state index in [2.05, 4.69) is 0 Å². The molecule has 7 heteroatoms. The number of hydrogen-bond donors (Lipinski definition) is 1. The van der Waals surface area contributed by atoms with Crippen molar-refractivity contribution in [1.82, 2.24) is 4.90 Å². The molecule has 2 aromatic rings. The molecule has 2 atom stereocenters. The smallest absolute Gasteiger partial charge is 0.416 e. The van der Waals surface area contributed by atoms with Gasteiger partial charge in [-0.3, -0.25) is 9.69 Å². The topological polar surface area (TPSA) is 40.5 Å². The van der Waals surface area contributed by atoms with Crippen molar-refractivity contribution < 1.29 is 23.1 Å². The van der Waals surface area contributed by atoms with Crippen LogP contribution in [-0.4, -0.2) is 28.6 Å². The highest BCUT2D eigenvalue weighted by Gasteiger charge is 2.41. The van der Waals surface area contributed by atoms with Crippen LogP contribution in [0.2, 0.25) is 0 Å². The normalized spacial score (nSPS) is 20.1. The Morgan fingerprint density at radius 1 is 1.31 bits per heavy atom. The number of benzene rings is 1. The average molecular weight is 383 g/mol. The number of aliphatic carboxylic acids is 1. The van der Waals surface area contributed by atoms with Gasteiger partial charge in [0.1, 0.15) is 6.04 Å². The predicted molar refractivity (Wildman–Crippen MR) is 94.3 cm³/mol. The van der Waals surface area contributed by atoms with E-state index < -0.39 is 29.8 Å². The molecule has 0 saturated carbocycles. The minimum Gasteiger partial charge on any atom is -0.480 e. The molecule has 1 aliphatic rings. The molecule has 1 aromatic carbocycles. The third-order valence-corrected chi connectivity index (χ3v) is 5.84. The van der Waals surface area contributed by atoms with Gasteiger partial charge < -0.3 is 5.11 Å². The van der Waals surface area contributed by atoms with E-state index in [1.165, 1.54) is 23.5 Å². The number of rotatable bonds is 4. The van der Waals surface area contributed by atoms with E-state index in [4.69, 9.17) is 0 Å². The molecular weight excluding hydrogens is 363 g/mol. The Bertz CT molecular complexity index is 787. The highest BCUT2D eigenvalue weighted by molar-refractivity contribution is 7.10. The summed E-state index contributed by atoms with van der Waals surface area (Å²) in [6.45, 7) is 2.35. The van der Waals surface area contributed by atoms with Crippen LogP contribution in [0.25, 0.3) is 0 Å². The number of alkyl halides is 3. The van der Waals surface area contributed by atoms with Crippen molar-refractivity contribution in [2.45, 2.75) is 44.4 Å². The van der Waals surface area contributed by atoms with Gasteiger partial charge in [0.05, 0.1) is 11.6 Å². The molecule has 0 spiro atoms. The van der Waals surface area contributed by atoms with Crippen molar-refractivity contribution in [3.8, 4) is 0 Å². The van der Waals surface area contributed by atoms with Gasteiger partial charge in [0, 0.05) is 4.88 Å². The minimum atomic E-state index is -4.49. The number of thiophene rings is 1. The maximum absolute atomic E-state index is 13.6. The van der Waals surface area contributed by atoms with E-state index in [0.29, 0.717) is 13.0 Å². The molecule has 0 amide bonds. The molecular formula is C19H20F3NO2S. The summed E-state index contributed by atoms with van der Waals surface area (Å²) in [6, 6.07) is 5.85. The maximum Gasteiger partial charge on any atom is 0.416 e. The average Bonchev–Trinajstić information content (AvgIpc) is 3.01. The summed E-state index contributed by atoms with van der Waals surface area (Å²) in [5.41, 5.74) is 0.379. The van der Waals surface area contributed by atoms with E-state index in [0.717, 1.165) is 29.3 Å². The van der Waals surface area contributed by atoms with Crippen LogP contribution < -0.4 is 0 Å². The lowest BCUT2D eigenvalue weighted by molar-refractivity contribution is -0.145. The number of halogens is 3. The molecule has 2 unspecified atom stereocenters. The Morgan fingerprint density at radius 2 is 2.04 bits per heavy atom. The standard InChI is InChI=1S/C19H20F3NO2S/c1-12-10-16(26-11-12)17(23-9-5-4-8-15(23)18(24)25)13-6-2-3-7-14(13)19(20,21)22/h2-3,6-7,10-11,15,17H,4-5,8-9H2,1H3,(H,24,25). The second-order valence-electron chi connectivity index (χ2n) is 6.60. The molecule has 0 aliphatic carbocycles. The molecule has 1 saturated heterocycles. The SMILES string of the molecule is Cc1csc(C(c2ccccc2C(F)(F)F)N2CCCCC2C(=O)O)c1. The van der Waals surface area contributed by atoms with E-state index >= 15 is 0 Å². The van der Waals surface area contributed by atoms with Gasteiger partial charge in [-0.15, -0.1) is 11.3 Å². The zero-order chi connectivity index (χ0) is 18.9. The maximum atomic E-state index is 13.6. The minimum absolute atomic E-state index is 0.120. The number of aryl methyl sites for hydroxylation is 1. The largest absolute Gasteiger partial charge is 0.480 e. The highest BCUT2D eigenvalue weighted by Crippen LogP contribution is 2.42. The fourth-order valence-corrected chi connectivity index (χ4v) is 4.65. The fourth-order valence-electron chi connectivity index (χ4n) is 3.61. The van der Waals surface area contributed by atoms with Crippen LogP contribution in [-0.2, 0) is 11.0 Å². The molecule has 1 fully saturated rings. The van der Waals surface area contributed by atoms with Crippen molar-refractivity contribution in [1.29, 1.82) is 0 Å². The summed E-state index contributed by atoms with van der Waals surface area (Å²) < 4.78 is 40.9. The van der Waals surface area contributed by atoms with Crippen LogP contribution in [0.15, 0.2) is 35.7 Å². The summed E-state index contributed by atoms with van der Waals surface area (Å²) >= 11 is 1.38. The highest BCUT2D eigenvalue weighted by atomic mass is 32.1. The number of hydrogen-bond acceptors (Lipinski definition) is 3. The lowest BCUT2D eigenvalue weighted by Crippen LogP contribution is -2.47. The molecule has 1 aromatic heterocycles. The van der Waals surface area contributed by atoms with Gasteiger partial charge in [0.25, 0.3) is 0 Å². The Kier molecular flexibility index (Phi) is 5.39. The first kappa shape index (κ1) is 18.9. The van der Waals surface area contributed by atoms with Crippen LogP contribution in [0.1, 0.15) is 46.9 Å². The zero-order valence-corrected chi connectivity index (χ0v) is 15.1. The zero-order valence-electron chi connectivity index (χ0n) is 14.3. The molecule has 26 heavy (non-hydrogen) atoms. The first-order valence-corrected chi connectivity index (χ1v) is 9.36.